The molecule has 2 aromatic carbocycles. The van der Waals surface area contributed by atoms with Gasteiger partial charge < -0.3 is 25.4 Å². The molecule has 1 aliphatic rings. The highest BCUT2D eigenvalue weighted by molar-refractivity contribution is 6.01. The largest absolute Gasteiger partial charge is 0.385 e. The van der Waals surface area contributed by atoms with Crippen LogP contribution in [0.2, 0.25) is 0 Å². The lowest BCUT2D eigenvalue weighted by Crippen LogP contribution is -2.19. The molecule has 4 rings (SSSR count). The van der Waals surface area contributed by atoms with Gasteiger partial charge in [-0.05, 0) is 81.4 Å². The molecule has 0 radical (unpaired) electrons. The Hall–Kier alpha value is -2.99. The standard InChI is InChI=1S/C26H35N5O/c1-30(2)16-17-31-15-14-21-18-24(12-13-25(21)31)29-26(32)28-23-10-8-22(9-11-23)27-19-20-6-4-3-5-7-20/h8-15,18,20,27H,3-7,16-17,19H2,1-2H3,(H2,28,29,32). The quantitative estimate of drug-likeness (QED) is 0.418. The van der Waals surface area contributed by atoms with E-state index in [1.165, 1.54) is 37.6 Å². The van der Waals surface area contributed by atoms with Gasteiger partial charge in [0.1, 0.15) is 0 Å². The molecule has 32 heavy (non-hydrogen) atoms. The summed E-state index contributed by atoms with van der Waals surface area (Å²) in [6.07, 6.45) is 8.87. The highest BCUT2D eigenvalue weighted by atomic mass is 16.2. The van der Waals surface area contributed by atoms with Crippen LogP contribution in [0.5, 0.6) is 0 Å². The van der Waals surface area contributed by atoms with Crippen LogP contribution in [0.4, 0.5) is 21.9 Å². The fraction of sp³-hybridized carbons (Fsp3) is 0.423. The Morgan fingerprint density at radius 3 is 2.38 bits per heavy atom. The number of benzene rings is 2. The van der Waals surface area contributed by atoms with Gasteiger partial charge >= 0.3 is 6.03 Å². The zero-order chi connectivity index (χ0) is 22.3. The van der Waals surface area contributed by atoms with Gasteiger partial charge in [-0.3, -0.25) is 0 Å². The van der Waals surface area contributed by atoms with Gasteiger partial charge in [0.2, 0.25) is 0 Å². The Balaban J connectivity index is 1.28. The number of hydrogen-bond acceptors (Lipinski definition) is 3. The first-order valence-corrected chi connectivity index (χ1v) is 11.7. The molecule has 0 unspecified atom stereocenters. The number of carbonyl (C=O) groups excluding carboxylic acids is 1. The van der Waals surface area contributed by atoms with Crippen LogP contribution in [-0.2, 0) is 6.54 Å². The molecule has 0 spiro atoms. The molecule has 1 fully saturated rings. The second-order valence-corrected chi connectivity index (χ2v) is 9.13. The molecular weight excluding hydrogens is 398 g/mol. The van der Waals surface area contributed by atoms with Crippen molar-refractivity contribution in [2.24, 2.45) is 5.92 Å². The zero-order valence-electron chi connectivity index (χ0n) is 19.2. The zero-order valence-corrected chi connectivity index (χ0v) is 19.2. The van der Waals surface area contributed by atoms with Crippen LogP contribution in [0.1, 0.15) is 32.1 Å². The Morgan fingerprint density at radius 1 is 0.938 bits per heavy atom. The third-order valence-electron chi connectivity index (χ3n) is 6.28. The van der Waals surface area contributed by atoms with Crippen molar-refractivity contribution in [2.45, 2.75) is 38.6 Å². The average Bonchev–Trinajstić information content (AvgIpc) is 3.20. The normalized spacial score (nSPS) is 14.6. The van der Waals surface area contributed by atoms with Crippen molar-refractivity contribution in [2.75, 3.05) is 43.1 Å². The lowest BCUT2D eigenvalue weighted by molar-refractivity contribution is 0.262. The third kappa shape index (κ3) is 6.04. The van der Waals surface area contributed by atoms with Gasteiger partial charge in [0.15, 0.2) is 0 Å². The minimum atomic E-state index is -0.237. The maximum Gasteiger partial charge on any atom is 0.323 e. The smallest absolute Gasteiger partial charge is 0.323 e. The fourth-order valence-electron chi connectivity index (χ4n) is 4.40. The summed E-state index contributed by atoms with van der Waals surface area (Å²) >= 11 is 0. The van der Waals surface area contributed by atoms with Crippen molar-refractivity contribution in [3.05, 3.63) is 54.7 Å². The van der Waals surface area contributed by atoms with E-state index in [1.54, 1.807) is 0 Å². The van der Waals surface area contributed by atoms with Crippen LogP contribution in [0.15, 0.2) is 54.7 Å². The Labute approximate surface area is 191 Å². The molecule has 1 saturated carbocycles. The molecule has 170 valence electrons. The van der Waals surface area contributed by atoms with E-state index in [0.717, 1.165) is 48.0 Å². The van der Waals surface area contributed by atoms with Crippen molar-refractivity contribution in [3.63, 3.8) is 0 Å². The molecule has 6 heteroatoms. The second kappa shape index (κ2) is 10.6. The first kappa shape index (κ1) is 22.2. The summed E-state index contributed by atoms with van der Waals surface area (Å²) in [4.78, 5) is 14.6. The molecule has 1 aromatic heterocycles. The number of rotatable bonds is 8. The summed E-state index contributed by atoms with van der Waals surface area (Å²) < 4.78 is 2.24. The number of fused-ring (bicyclic) bond motifs is 1. The Kier molecular flexibility index (Phi) is 7.32. The molecule has 3 N–H and O–H groups in total. The number of aromatic nitrogens is 1. The van der Waals surface area contributed by atoms with Crippen LogP contribution in [0.25, 0.3) is 10.9 Å². The predicted octanol–water partition coefficient (Wildman–Crippen LogP) is 5.84. The summed E-state index contributed by atoms with van der Waals surface area (Å²) in [5.74, 6) is 0.787. The van der Waals surface area contributed by atoms with E-state index in [1.807, 2.05) is 36.4 Å². The van der Waals surface area contributed by atoms with Crippen LogP contribution < -0.4 is 16.0 Å². The highest BCUT2D eigenvalue weighted by Crippen LogP contribution is 2.24. The van der Waals surface area contributed by atoms with Gasteiger partial charge in [-0.1, -0.05) is 19.3 Å². The van der Waals surface area contributed by atoms with E-state index in [0.29, 0.717) is 0 Å². The number of likely N-dealkylation sites (N-methyl/N-ethyl adjacent to an activating group) is 1. The van der Waals surface area contributed by atoms with Crippen molar-refractivity contribution in [3.8, 4) is 0 Å². The lowest BCUT2D eigenvalue weighted by Gasteiger charge is -2.22. The van der Waals surface area contributed by atoms with E-state index in [9.17, 15) is 4.79 Å². The Morgan fingerprint density at radius 2 is 1.62 bits per heavy atom. The number of carbonyl (C=O) groups is 1. The average molecular weight is 434 g/mol. The highest BCUT2D eigenvalue weighted by Gasteiger charge is 2.13. The van der Waals surface area contributed by atoms with E-state index >= 15 is 0 Å². The van der Waals surface area contributed by atoms with Crippen LogP contribution in [0, 0.1) is 5.92 Å². The number of urea groups is 1. The summed E-state index contributed by atoms with van der Waals surface area (Å²) in [5, 5.41) is 10.5. The minimum Gasteiger partial charge on any atom is -0.385 e. The number of anilines is 3. The molecule has 0 bridgehead atoms. The molecule has 0 aliphatic heterocycles. The molecule has 3 aromatic rings. The van der Waals surface area contributed by atoms with E-state index in [4.69, 9.17) is 0 Å². The third-order valence-corrected chi connectivity index (χ3v) is 6.28. The van der Waals surface area contributed by atoms with Crippen molar-refractivity contribution < 1.29 is 4.79 Å². The molecule has 0 atom stereocenters. The maximum atomic E-state index is 12.5. The van der Waals surface area contributed by atoms with E-state index < -0.39 is 0 Å². The van der Waals surface area contributed by atoms with E-state index in [-0.39, 0.29) is 6.03 Å². The maximum absolute atomic E-state index is 12.5. The van der Waals surface area contributed by atoms with Gasteiger partial charge in [-0.15, -0.1) is 0 Å². The monoisotopic (exact) mass is 433 g/mol. The topological polar surface area (TPSA) is 61.3 Å². The van der Waals surface area contributed by atoms with Gasteiger partial charge in [-0.25, -0.2) is 4.79 Å². The van der Waals surface area contributed by atoms with Crippen LogP contribution in [0.3, 0.4) is 0 Å². The van der Waals surface area contributed by atoms with Gasteiger partial charge in [0.25, 0.3) is 0 Å². The Bertz CT molecular complexity index is 1020. The molecule has 1 heterocycles. The summed E-state index contributed by atoms with van der Waals surface area (Å²) in [6, 6.07) is 15.8. The summed E-state index contributed by atoms with van der Waals surface area (Å²) in [5.41, 5.74) is 3.84. The second-order valence-electron chi connectivity index (χ2n) is 9.13. The van der Waals surface area contributed by atoms with Crippen molar-refractivity contribution in [1.82, 2.24) is 9.47 Å². The molecule has 0 saturated heterocycles. The van der Waals surface area contributed by atoms with Crippen LogP contribution in [-0.4, -0.2) is 42.7 Å². The van der Waals surface area contributed by atoms with Crippen LogP contribution >= 0.6 is 0 Å². The molecule has 2 amide bonds. The summed E-state index contributed by atoms with van der Waals surface area (Å²) in [7, 11) is 4.15. The first-order valence-electron chi connectivity index (χ1n) is 11.7. The minimum absolute atomic E-state index is 0.237. The lowest BCUT2D eigenvalue weighted by atomic mass is 9.89. The molecule has 6 nitrogen and oxygen atoms in total. The molecular formula is C26H35N5O. The first-order chi connectivity index (χ1) is 15.6. The summed E-state index contributed by atoms with van der Waals surface area (Å²) in [6.45, 7) is 2.96. The van der Waals surface area contributed by atoms with Crippen molar-refractivity contribution >= 4 is 34.0 Å². The van der Waals surface area contributed by atoms with Gasteiger partial charge in [0, 0.05) is 53.8 Å². The number of nitrogens with zero attached hydrogens (tertiary/aromatic N) is 2. The molecule has 1 aliphatic carbocycles. The van der Waals surface area contributed by atoms with Gasteiger partial charge in [0.05, 0.1) is 0 Å². The number of hydrogen-bond donors (Lipinski definition) is 3. The number of nitrogens with one attached hydrogen (secondary N) is 3. The predicted molar refractivity (Wildman–Crippen MR) is 135 cm³/mol. The SMILES string of the molecule is CN(C)CCn1ccc2cc(NC(=O)Nc3ccc(NCC4CCCCC4)cc3)ccc21. The van der Waals surface area contributed by atoms with E-state index in [2.05, 4.69) is 57.8 Å². The van der Waals surface area contributed by atoms with Gasteiger partial charge in [-0.2, -0.15) is 0 Å². The van der Waals surface area contributed by atoms with Crippen molar-refractivity contribution in [1.29, 1.82) is 0 Å². The fourth-order valence-corrected chi connectivity index (χ4v) is 4.40. The number of amides is 2.